The molecule has 1 aromatic carbocycles. The van der Waals surface area contributed by atoms with Crippen LogP contribution in [-0.4, -0.2) is 49.2 Å². The fraction of sp³-hybridized carbons (Fsp3) is 0.348. The Morgan fingerprint density at radius 2 is 2.09 bits per heavy atom. The first-order valence-electron chi connectivity index (χ1n) is 10.5. The first-order chi connectivity index (χ1) is 15.4. The third-order valence-electron chi connectivity index (χ3n) is 5.46. The maximum absolute atomic E-state index is 10.3. The van der Waals surface area contributed by atoms with Crippen LogP contribution < -0.4 is 10.5 Å². The maximum atomic E-state index is 10.3. The van der Waals surface area contributed by atoms with Crippen LogP contribution in [0.2, 0.25) is 0 Å². The van der Waals surface area contributed by atoms with E-state index in [2.05, 4.69) is 15.0 Å². The number of pyridine rings is 1. The van der Waals surface area contributed by atoms with Gasteiger partial charge in [0, 0.05) is 30.3 Å². The van der Waals surface area contributed by atoms with Gasteiger partial charge in [0.2, 0.25) is 0 Å². The molecule has 0 aliphatic carbocycles. The largest absolute Gasteiger partial charge is 0.491 e. The molecule has 3 atom stereocenters. The summed E-state index contributed by atoms with van der Waals surface area (Å²) in [4.78, 5) is 12.8. The Labute approximate surface area is 184 Å². The summed E-state index contributed by atoms with van der Waals surface area (Å²) in [5.74, 6) is -0.197. The van der Waals surface area contributed by atoms with Gasteiger partial charge in [-0.3, -0.25) is 4.98 Å². The van der Waals surface area contributed by atoms with E-state index in [1.54, 1.807) is 20.0 Å². The number of nitrogens with zero attached hydrogens (tertiary/aromatic N) is 4. The molecule has 3 aromatic heterocycles. The minimum atomic E-state index is -1.31. The van der Waals surface area contributed by atoms with Crippen LogP contribution in [0.25, 0.3) is 21.9 Å². The summed E-state index contributed by atoms with van der Waals surface area (Å²) in [5.41, 5.74) is 7.51. The lowest BCUT2D eigenvalue weighted by atomic mass is 10.1. The molecule has 4 aromatic rings. The van der Waals surface area contributed by atoms with E-state index in [-0.39, 0.29) is 18.9 Å². The fourth-order valence-corrected chi connectivity index (χ4v) is 4.05. The minimum Gasteiger partial charge on any atom is -0.491 e. The Bertz CT molecular complexity index is 1250. The number of fused-ring (bicyclic) bond motifs is 2. The molecule has 1 aliphatic heterocycles. The van der Waals surface area contributed by atoms with Crippen molar-refractivity contribution < 1.29 is 19.3 Å². The average Bonchev–Trinajstić information content (AvgIpc) is 3.35. The summed E-state index contributed by atoms with van der Waals surface area (Å²) in [6.07, 6.45) is 4.45. The highest BCUT2D eigenvalue weighted by atomic mass is 16.7. The molecule has 0 amide bonds. The van der Waals surface area contributed by atoms with Gasteiger partial charge in [-0.05, 0) is 38.1 Å². The topological polar surface area (TPSA) is 118 Å². The van der Waals surface area contributed by atoms with Gasteiger partial charge in [0.1, 0.15) is 42.5 Å². The first-order valence-corrected chi connectivity index (χ1v) is 10.5. The number of nitrogens with two attached hydrogens (primary N) is 1. The highest BCUT2D eigenvalue weighted by Gasteiger charge is 2.40. The third-order valence-corrected chi connectivity index (χ3v) is 5.46. The van der Waals surface area contributed by atoms with E-state index in [9.17, 15) is 5.11 Å². The Balaban J connectivity index is 1.37. The Kier molecular flexibility index (Phi) is 5.16. The summed E-state index contributed by atoms with van der Waals surface area (Å²) in [6, 6.07) is 11.5. The second kappa shape index (κ2) is 8.01. The predicted octanol–water partition coefficient (Wildman–Crippen LogP) is 3.04. The molecule has 9 nitrogen and oxygen atoms in total. The van der Waals surface area contributed by atoms with Gasteiger partial charge >= 0.3 is 0 Å². The molecule has 166 valence electrons. The van der Waals surface area contributed by atoms with Gasteiger partial charge < -0.3 is 29.6 Å². The molecule has 1 aliphatic rings. The van der Waals surface area contributed by atoms with Crippen LogP contribution in [0.1, 0.15) is 26.5 Å². The van der Waals surface area contributed by atoms with Crippen LogP contribution >= 0.6 is 0 Å². The number of rotatable bonds is 6. The summed E-state index contributed by atoms with van der Waals surface area (Å²) in [5, 5.41) is 12.1. The molecule has 0 radical (unpaired) electrons. The normalized spacial score (nSPS) is 21.4. The molecule has 4 heterocycles. The molecule has 0 bridgehead atoms. The number of anilines is 1. The molecule has 0 unspecified atom stereocenters. The van der Waals surface area contributed by atoms with Crippen molar-refractivity contribution in [3.8, 4) is 5.75 Å². The van der Waals surface area contributed by atoms with Crippen LogP contribution in [0.15, 0.2) is 55.1 Å². The van der Waals surface area contributed by atoms with Gasteiger partial charge in [0.15, 0.2) is 5.79 Å². The van der Waals surface area contributed by atoms with Gasteiger partial charge in [0.25, 0.3) is 0 Å². The van der Waals surface area contributed by atoms with E-state index in [1.165, 1.54) is 6.33 Å². The lowest BCUT2D eigenvalue weighted by molar-refractivity contribution is -0.216. The predicted molar refractivity (Wildman–Crippen MR) is 119 cm³/mol. The van der Waals surface area contributed by atoms with Crippen molar-refractivity contribution >= 4 is 27.8 Å². The first kappa shape index (κ1) is 20.6. The SMILES string of the molecule is CC(C)(O)O[C@H]1C[C@H](n2ccc3c(N)ncnc32)O[C@@H]1COc1ccc2cccnc2c1. The van der Waals surface area contributed by atoms with Gasteiger partial charge in [-0.2, -0.15) is 0 Å². The number of benzene rings is 1. The van der Waals surface area contributed by atoms with Crippen molar-refractivity contribution in [2.75, 3.05) is 12.3 Å². The van der Waals surface area contributed by atoms with Crippen LogP contribution in [0.3, 0.4) is 0 Å². The number of aliphatic hydroxyl groups is 1. The van der Waals surface area contributed by atoms with Crippen molar-refractivity contribution in [1.29, 1.82) is 0 Å². The number of hydrogen-bond donors (Lipinski definition) is 2. The minimum absolute atomic E-state index is 0.256. The van der Waals surface area contributed by atoms with E-state index in [0.717, 1.165) is 16.3 Å². The second-order valence-electron chi connectivity index (χ2n) is 8.36. The quantitative estimate of drug-likeness (QED) is 0.444. The third kappa shape index (κ3) is 4.10. The Morgan fingerprint density at radius 3 is 2.94 bits per heavy atom. The molecule has 1 fully saturated rings. The lowest BCUT2D eigenvalue weighted by Gasteiger charge is -2.26. The number of ether oxygens (including phenoxy) is 3. The van der Waals surface area contributed by atoms with Crippen molar-refractivity contribution in [3.63, 3.8) is 0 Å². The van der Waals surface area contributed by atoms with Gasteiger partial charge in [0.05, 0.1) is 17.0 Å². The smallest absolute Gasteiger partial charge is 0.160 e. The number of hydrogen-bond acceptors (Lipinski definition) is 8. The van der Waals surface area contributed by atoms with Gasteiger partial charge in [-0.1, -0.05) is 6.07 Å². The summed E-state index contributed by atoms with van der Waals surface area (Å²) < 4.78 is 20.2. The standard InChI is InChI=1S/C23H25N5O4/c1-23(2,29)32-18-11-20(28-9-7-16-21(24)26-13-27-22(16)28)31-19(18)12-30-15-6-5-14-4-3-8-25-17(14)10-15/h3-10,13,18-20,29H,11-12H2,1-2H3,(H2,24,26,27)/t18-,19+,20+/m0/s1. The molecule has 0 spiro atoms. The fourth-order valence-electron chi connectivity index (χ4n) is 4.05. The van der Waals surface area contributed by atoms with Crippen molar-refractivity contribution in [1.82, 2.24) is 19.5 Å². The van der Waals surface area contributed by atoms with E-state index in [0.29, 0.717) is 23.6 Å². The van der Waals surface area contributed by atoms with Crippen LogP contribution in [0.4, 0.5) is 5.82 Å². The van der Waals surface area contributed by atoms with Crippen molar-refractivity contribution in [2.45, 2.75) is 44.5 Å². The van der Waals surface area contributed by atoms with E-state index in [4.69, 9.17) is 19.9 Å². The summed E-state index contributed by atoms with van der Waals surface area (Å²) in [6.45, 7) is 3.46. The van der Waals surface area contributed by atoms with Crippen LogP contribution in [-0.2, 0) is 9.47 Å². The molecule has 1 saturated heterocycles. The molecule has 0 saturated carbocycles. The van der Waals surface area contributed by atoms with E-state index >= 15 is 0 Å². The van der Waals surface area contributed by atoms with E-state index in [1.807, 2.05) is 47.2 Å². The average molecular weight is 435 g/mol. The Hall–Kier alpha value is -3.27. The zero-order valence-electron chi connectivity index (χ0n) is 17.9. The van der Waals surface area contributed by atoms with Crippen molar-refractivity contribution in [3.05, 3.63) is 55.1 Å². The van der Waals surface area contributed by atoms with Crippen LogP contribution in [0, 0.1) is 0 Å². The number of aromatic nitrogens is 4. The monoisotopic (exact) mass is 435 g/mol. The molecule has 32 heavy (non-hydrogen) atoms. The lowest BCUT2D eigenvalue weighted by Crippen LogP contribution is -2.37. The zero-order chi connectivity index (χ0) is 22.3. The number of nitrogen functional groups attached to an aromatic ring is 1. The highest BCUT2D eigenvalue weighted by molar-refractivity contribution is 5.86. The van der Waals surface area contributed by atoms with Gasteiger partial charge in [-0.25, -0.2) is 9.97 Å². The van der Waals surface area contributed by atoms with Crippen molar-refractivity contribution in [2.24, 2.45) is 0 Å². The summed E-state index contributed by atoms with van der Waals surface area (Å²) >= 11 is 0. The Morgan fingerprint density at radius 1 is 1.22 bits per heavy atom. The van der Waals surface area contributed by atoms with Crippen LogP contribution in [0.5, 0.6) is 5.75 Å². The maximum Gasteiger partial charge on any atom is 0.160 e. The molecule has 9 heteroatoms. The van der Waals surface area contributed by atoms with Gasteiger partial charge in [-0.15, -0.1) is 0 Å². The van der Waals surface area contributed by atoms with E-state index < -0.39 is 11.9 Å². The molecule has 5 rings (SSSR count). The highest BCUT2D eigenvalue weighted by Crippen LogP contribution is 2.35. The molecular weight excluding hydrogens is 410 g/mol. The molecule has 3 N–H and O–H groups in total. The second-order valence-corrected chi connectivity index (χ2v) is 8.36. The molecular formula is C23H25N5O4. The summed E-state index contributed by atoms with van der Waals surface area (Å²) in [7, 11) is 0. The zero-order valence-corrected chi connectivity index (χ0v) is 17.9.